The molecule has 0 saturated carbocycles. The van der Waals surface area contributed by atoms with Crippen LogP contribution in [-0.4, -0.2) is 76.5 Å². The van der Waals surface area contributed by atoms with Gasteiger partial charge in [-0.3, -0.25) is 0 Å². The number of imidazole rings is 2. The Morgan fingerprint density at radius 2 is 1.38 bits per heavy atom. The van der Waals surface area contributed by atoms with Crippen molar-refractivity contribution in [3.63, 3.8) is 0 Å². The smallest absolute Gasteiger partial charge is 0.407 e. The van der Waals surface area contributed by atoms with Crippen LogP contribution in [0.3, 0.4) is 0 Å². The Morgan fingerprint density at radius 1 is 0.774 bits per heavy atom. The van der Waals surface area contributed by atoms with E-state index in [2.05, 4.69) is 78.6 Å². The van der Waals surface area contributed by atoms with E-state index in [1.807, 2.05) is 12.3 Å². The third-order valence-electron chi connectivity index (χ3n) is 10.0. The molecule has 0 spiro atoms. The Morgan fingerprint density at radius 3 is 1.98 bits per heavy atom. The van der Waals surface area contributed by atoms with Crippen molar-refractivity contribution in [3.8, 4) is 21.1 Å². The van der Waals surface area contributed by atoms with Crippen LogP contribution in [0.15, 0.2) is 42.6 Å². The Hall–Kier alpha value is -4.53. The highest BCUT2D eigenvalue weighted by atomic mass is 32.1. The molecule has 0 aliphatic carbocycles. The van der Waals surface area contributed by atoms with Gasteiger partial charge in [0, 0.05) is 34.8 Å². The number of carbonyl (C=O) groups excluding carboxylic acids is 2. The van der Waals surface area contributed by atoms with Crippen LogP contribution in [0.2, 0.25) is 0 Å². The molecule has 0 aliphatic heterocycles. The molecule has 0 aliphatic rings. The maximum atomic E-state index is 12.1. The number of amides is 2. The van der Waals surface area contributed by atoms with E-state index in [0.29, 0.717) is 19.5 Å². The Labute approximate surface area is 315 Å². The SMILES string of the molecule is COC(=O)N[C@H](CC(CCCN)c1nc2ccc3[nH]c(-c4ccc(-c5cnc(C(CCCN)C[C@@H](NC(=O)OC)C(C)C)[nH]5)s4)ccc3c2n1)C(C)C. The molecule has 13 nitrogen and oxygen atoms in total. The largest absolute Gasteiger partial charge is 0.453 e. The molecule has 0 fully saturated rings. The summed E-state index contributed by atoms with van der Waals surface area (Å²) >= 11 is 1.68. The number of methoxy groups -OCH3 is 2. The number of hydrogen-bond acceptors (Lipinski definition) is 10. The third-order valence-corrected chi connectivity index (χ3v) is 11.2. The molecule has 1 aromatic carbocycles. The number of carbonyl (C=O) groups is 2. The fourth-order valence-electron chi connectivity index (χ4n) is 6.80. The number of H-pyrrole nitrogens is 2. The summed E-state index contributed by atoms with van der Waals surface area (Å²) < 4.78 is 9.76. The molecule has 2 amide bonds. The van der Waals surface area contributed by atoms with E-state index in [-0.39, 0.29) is 35.8 Å². The molecular formula is C39H55N9O4S. The van der Waals surface area contributed by atoms with Crippen molar-refractivity contribution in [2.75, 3.05) is 27.3 Å². The Balaban J connectivity index is 1.37. The highest BCUT2D eigenvalue weighted by Crippen LogP contribution is 2.36. The zero-order valence-corrected chi connectivity index (χ0v) is 32.5. The van der Waals surface area contributed by atoms with Crippen molar-refractivity contribution >= 4 is 45.5 Å². The highest BCUT2D eigenvalue weighted by Gasteiger charge is 2.27. The van der Waals surface area contributed by atoms with E-state index in [1.165, 1.54) is 14.2 Å². The Bertz CT molecular complexity index is 1950. The maximum Gasteiger partial charge on any atom is 0.407 e. The van der Waals surface area contributed by atoms with Crippen molar-refractivity contribution in [2.45, 2.75) is 90.1 Å². The zero-order chi connectivity index (χ0) is 38.1. The van der Waals surface area contributed by atoms with Gasteiger partial charge in [-0.1, -0.05) is 27.7 Å². The number of alkyl carbamates (subject to hydrolysis) is 2. The van der Waals surface area contributed by atoms with Crippen molar-refractivity contribution in [3.05, 3.63) is 54.2 Å². The molecule has 286 valence electrons. The van der Waals surface area contributed by atoms with Crippen LogP contribution < -0.4 is 22.1 Å². The first-order valence-electron chi connectivity index (χ1n) is 18.6. The number of aromatic nitrogens is 5. The lowest BCUT2D eigenvalue weighted by atomic mass is 9.89. The van der Waals surface area contributed by atoms with Crippen molar-refractivity contribution in [1.29, 1.82) is 0 Å². The van der Waals surface area contributed by atoms with Crippen LogP contribution in [0.5, 0.6) is 0 Å². The summed E-state index contributed by atoms with van der Waals surface area (Å²) in [5.74, 6) is 2.23. The molecule has 0 bridgehead atoms. The summed E-state index contributed by atoms with van der Waals surface area (Å²) in [4.78, 5) is 48.3. The number of fused-ring (bicyclic) bond motifs is 3. The van der Waals surface area contributed by atoms with Gasteiger partial charge in [0.2, 0.25) is 0 Å². The molecule has 4 heterocycles. The van der Waals surface area contributed by atoms with Crippen LogP contribution in [0.1, 0.15) is 89.7 Å². The number of ether oxygens (including phenoxy) is 2. The fraction of sp³-hybridized carbons (Fsp3) is 0.513. The standard InChI is InChI=1S/C39H55N9O4S/c1-22(2)30(46-38(49)51-5)19-24(9-7-17-40)36-42-21-32(45-36)34-16-15-33(53-34)28-12-11-26-27(43-28)13-14-29-35(26)48-37(44-29)25(10-8-18-41)20-31(23(3)4)47-39(50)52-6/h11-16,21-25,30-31,43H,7-10,17-20,40-41H2,1-6H3,(H,42,45)(H,46,49)(H,47,50)/t24?,25?,30-,31-/m1/s1. The second-order valence-corrected chi connectivity index (χ2v) is 15.5. The number of thiophene rings is 1. The molecule has 4 aromatic heterocycles. The quantitative estimate of drug-likeness (QED) is 0.0528. The normalized spacial score (nSPS) is 14.1. The first kappa shape index (κ1) is 39.7. The molecular weight excluding hydrogens is 691 g/mol. The maximum absolute atomic E-state index is 12.1. The minimum atomic E-state index is -0.437. The monoisotopic (exact) mass is 745 g/mol. The van der Waals surface area contributed by atoms with Crippen LogP contribution in [0.25, 0.3) is 43.1 Å². The number of nitrogens with one attached hydrogen (secondary N) is 4. The first-order valence-corrected chi connectivity index (χ1v) is 19.4. The number of nitrogens with zero attached hydrogens (tertiary/aromatic N) is 3. The number of nitrogens with two attached hydrogens (primary N) is 2. The number of rotatable bonds is 18. The second kappa shape index (κ2) is 18.5. The van der Waals surface area contributed by atoms with Crippen LogP contribution >= 0.6 is 11.3 Å². The summed E-state index contributed by atoms with van der Waals surface area (Å²) in [6.45, 7) is 9.53. The Kier molecular flexibility index (Phi) is 13.8. The summed E-state index contributed by atoms with van der Waals surface area (Å²) in [6.07, 6.45) is 5.82. The molecule has 5 rings (SSSR count). The predicted octanol–water partition coefficient (Wildman–Crippen LogP) is 7.42. The van der Waals surface area contributed by atoms with Gasteiger partial charge in [-0.05, 0) is 99.8 Å². The van der Waals surface area contributed by atoms with E-state index in [9.17, 15) is 9.59 Å². The minimum absolute atomic E-state index is 0.0328. The number of aromatic amines is 2. The van der Waals surface area contributed by atoms with Gasteiger partial charge in [-0.15, -0.1) is 11.3 Å². The molecule has 0 saturated heterocycles. The zero-order valence-electron chi connectivity index (χ0n) is 31.7. The molecule has 14 heteroatoms. The number of benzene rings is 1. The molecule has 4 atom stereocenters. The molecule has 53 heavy (non-hydrogen) atoms. The summed E-state index contributed by atoms with van der Waals surface area (Å²) in [5.41, 5.74) is 16.4. The first-order chi connectivity index (χ1) is 25.5. The summed E-state index contributed by atoms with van der Waals surface area (Å²) in [7, 11) is 2.76. The van der Waals surface area contributed by atoms with Gasteiger partial charge in [-0.25, -0.2) is 24.5 Å². The van der Waals surface area contributed by atoms with Gasteiger partial charge >= 0.3 is 12.2 Å². The van der Waals surface area contributed by atoms with E-state index in [0.717, 1.165) is 86.8 Å². The topological polar surface area (TPSA) is 199 Å². The van der Waals surface area contributed by atoms with Gasteiger partial charge in [0.25, 0.3) is 0 Å². The minimum Gasteiger partial charge on any atom is -0.453 e. The summed E-state index contributed by atoms with van der Waals surface area (Å²) in [6, 6.07) is 12.3. The van der Waals surface area contributed by atoms with Crippen molar-refractivity contribution in [1.82, 2.24) is 35.6 Å². The van der Waals surface area contributed by atoms with Crippen molar-refractivity contribution in [2.24, 2.45) is 23.3 Å². The van der Waals surface area contributed by atoms with Gasteiger partial charge in [0.1, 0.15) is 17.2 Å². The average molecular weight is 746 g/mol. The molecule has 5 aromatic rings. The molecule has 2 unspecified atom stereocenters. The third kappa shape index (κ3) is 9.92. The lowest BCUT2D eigenvalue weighted by Gasteiger charge is -2.26. The second-order valence-electron chi connectivity index (χ2n) is 14.4. The number of hydrogen-bond donors (Lipinski definition) is 6. The highest BCUT2D eigenvalue weighted by molar-refractivity contribution is 7.18. The lowest BCUT2D eigenvalue weighted by molar-refractivity contribution is 0.160. The summed E-state index contributed by atoms with van der Waals surface area (Å²) in [5, 5.41) is 6.98. The fourth-order valence-corrected chi connectivity index (χ4v) is 7.75. The van der Waals surface area contributed by atoms with Crippen molar-refractivity contribution < 1.29 is 19.1 Å². The van der Waals surface area contributed by atoms with E-state index >= 15 is 0 Å². The average Bonchev–Trinajstić information content (AvgIpc) is 3.94. The van der Waals surface area contributed by atoms with Gasteiger partial charge < -0.3 is 41.5 Å². The van der Waals surface area contributed by atoms with Gasteiger partial charge in [0.15, 0.2) is 0 Å². The predicted molar refractivity (Wildman–Crippen MR) is 212 cm³/mol. The number of pyridine rings is 1. The van der Waals surface area contributed by atoms with Gasteiger partial charge in [-0.2, -0.15) is 0 Å². The van der Waals surface area contributed by atoms with E-state index < -0.39 is 12.2 Å². The van der Waals surface area contributed by atoms with Crippen LogP contribution in [-0.2, 0) is 9.47 Å². The van der Waals surface area contributed by atoms with E-state index in [1.54, 1.807) is 11.3 Å². The van der Waals surface area contributed by atoms with Gasteiger partial charge in [0.05, 0.1) is 47.1 Å². The van der Waals surface area contributed by atoms with E-state index in [4.69, 9.17) is 35.9 Å². The lowest BCUT2D eigenvalue weighted by Crippen LogP contribution is -2.39. The molecule has 0 radical (unpaired) electrons. The van der Waals surface area contributed by atoms with Crippen LogP contribution in [0.4, 0.5) is 9.59 Å². The molecule has 8 N–H and O–H groups in total. The van der Waals surface area contributed by atoms with Crippen LogP contribution in [0, 0.1) is 11.8 Å².